The maximum Gasteiger partial charge on any atom is 0.299 e. The molecular weight excluding hydrogens is 738 g/mol. The summed E-state index contributed by atoms with van der Waals surface area (Å²) in [5.74, 6) is 1.80. The highest BCUT2D eigenvalue weighted by Gasteiger charge is 2.50. The third-order valence-electron chi connectivity index (χ3n) is 11.4. The van der Waals surface area contributed by atoms with E-state index >= 15 is 9.13 Å². The Labute approximate surface area is 327 Å². The van der Waals surface area contributed by atoms with Crippen LogP contribution < -0.4 is 29.1 Å². The molecule has 4 atom stereocenters. The summed E-state index contributed by atoms with van der Waals surface area (Å²) in [6, 6.07) is 47.5. The summed E-state index contributed by atoms with van der Waals surface area (Å²) in [4.78, 5) is 4.39. The Morgan fingerprint density at radius 2 is 0.786 bits per heavy atom. The third kappa shape index (κ3) is 5.90. The third-order valence-corrected chi connectivity index (χ3v) is 17.0. The Bertz CT molecular complexity index is 2370. The molecule has 4 heterocycles. The number of benzene rings is 6. The van der Waals surface area contributed by atoms with Gasteiger partial charge in [0.1, 0.15) is 48.0 Å². The van der Waals surface area contributed by atoms with Crippen LogP contribution in [-0.4, -0.2) is 36.4 Å². The van der Waals surface area contributed by atoms with Crippen molar-refractivity contribution in [1.82, 2.24) is 9.80 Å². The topological polar surface area (TPSA) is 77.5 Å². The summed E-state index contributed by atoms with van der Waals surface area (Å²) in [7, 11) is -6.98. The second-order valence-corrected chi connectivity index (χ2v) is 19.5. The van der Waals surface area contributed by atoms with Crippen LogP contribution in [0.1, 0.15) is 48.4 Å². The average Bonchev–Trinajstić information content (AvgIpc) is 3.24. The van der Waals surface area contributed by atoms with Crippen LogP contribution in [0.4, 0.5) is 0 Å². The molecule has 6 aromatic rings. The highest BCUT2D eigenvalue weighted by atomic mass is 31.2. The minimum atomic E-state index is -3.49. The summed E-state index contributed by atoms with van der Waals surface area (Å²) in [5, 5.41) is 1.50. The first-order valence-electron chi connectivity index (χ1n) is 19.4. The minimum Gasteiger partial charge on any atom is -0.478 e. The number of hydrogen-bond acceptors (Lipinski definition) is 8. The molecule has 0 amide bonds. The number of ether oxygens (including phenoxy) is 2. The molecule has 4 aliphatic heterocycles. The molecule has 0 saturated carbocycles. The van der Waals surface area contributed by atoms with Crippen molar-refractivity contribution >= 4 is 25.3 Å². The molecule has 10 rings (SSSR count). The van der Waals surface area contributed by atoms with Gasteiger partial charge in [-0.15, -0.1) is 0 Å². The molecule has 0 radical (unpaired) electrons. The van der Waals surface area contributed by atoms with Crippen LogP contribution in [0.3, 0.4) is 0 Å². The van der Waals surface area contributed by atoms with Crippen molar-refractivity contribution in [3.05, 3.63) is 157 Å². The predicted molar refractivity (Wildman–Crippen MR) is 221 cm³/mol. The highest BCUT2D eigenvalue weighted by Crippen LogP contribution is 2.67. The molecule has 282 valence electrons. The number of hydrogen-bond donors (Lipinski definition) is 0. The molecule has 0 saturated heterocycles. The molecule has 6 aromatic carbocycles. The predicted octanol–water partition coefficient (Wildman–Crippen LogP) is 10.6. The zero-order valence-electron chi connectivity index (χ0n) is 30.9. The van der Waals surface area contributed by atoms with Crippen LogP contribution in [0, 0.1) is 0 Å². The van der Waals surface area contributed by atoms with Crippen molar-refractivity contribution in [3.8, 4) is 45.3 Å². The molecule has 0 spiro atoms. The molecule has 0 N–H and O–H groups in total. The number of unbranched alkanes of at least 4 members (excludes halogenated alkanes) is 3. The fraction of sp³-hybridized carbons (Fsp3) is 0.217. The molecule has 4 aliphatic rings. The second-order valence-electron chi connectivity index (χ2n) is 14.8. The van der Waals surface area contributed by atoms with E-state index in [-0.39, 0.29) is 0 Å². The van der Waals surface area contributed by atoms with Crippen LogP contribution in [0.15, 0.2) is 146 Å². The van der Waals surface area contributed by atoms with Crippen LogP contribution in [0.5, 0.6) is 23.0 Å². The molecule has 0 fully saturated rings. The van der Waals surface area contributed by atoms with Crippen LogP contribution in [-0.2, 0) is 9.13 Å². The van der Waals surface area contributed by atoms with Crippen molar-refractivity contribution in [2.75, 3.05) is 26.6 Å². The standard InChI is InChI=1S/C46H42N2O6P2/c49-55(43-27-13-7-19-35(43)33-17-3-11-25-41(33)53-55)45-37-21-5-9-23-39(37)51-31-47(45)29-15-1-2-16-30-48-32-52-40-24-10-6-22-38(40)46(48)56(50)44-28-14-8-20-36(44)34-18-4-12-26-42(34)54-56/h3-14,17-28,45-46H,1-2,15-16,29-32H2. The molecule has 0 aromatic heterocycles. The van der Waals surface area contributed by atoms with Crippen LogP contribution >= 0.6 is 14.7 Å². The molecule has 10 heteroatoms. The second kappa shape index (κ2) is 14.4. The van der Waals surface area contributed by atoms with E-state index in [0.717, 1.165) is 81.2 Å². The average molecular weight is 781 g/mol. The lowest BCUT2D eigenvalue weighted by Gasteiger charge is -2.42. The van der Waals surface area contributed by atoms with E-state index in [0.29, 0.717) is 38.1 Å². The fourth-order valence-corrected chi connectivity index (χ4v) is 14.7. The van der Waals surface area contributed by atoms with Gasteiger partial charge in [-0.25, -0.2) is 0 Å². The smallest absolute Gasteiger partial charge is 0.299 e. The lowest BCUT2D eigenvalue weighted by atomic mass is 10.0. The lowest BCUT2D eigenvalue weighted by molar-refractivity contribution is 0.0787. The van der Waals surface area contributed by atoms with Crippen LogP contribution in [0.2, 0.25) is 0 Å². The Hall–Kier alpha value is -5.10. The first-order valence-corrected chi connectivity index (χ1v) is 22.8. The van der Waals surface area contributed by atoms with Gasteiger partial charge < -0.3 is 18.5 Å². The fourth-order valence-electron chi connectivity index (χ4n) is 8.88. The monoisotopic (exact) mass is 780 g/mol. The van der Waals surface area contributed by atoms with Gasteiger partial charge in [0.2, 0.25) is 0 Å². The molecule has 56 heavy (non-hydrogen) atoms. The summed E-state index contributed by atoms with van der Waals surface area (Å²) in [6.45, 7) is 2.03. The molecule has 0 bridgehead atoms. The first kappa shape index (κ1) is 35.3. The van der Waals surface area contributed by atoms with Gasteiger partial charge in [0.05, 0.1) is 10.6 Å². The Kier molecular flexibility index (Phi) is 9.11. The van der Waals surface area contributed by atoms with E-state index in [2.05, 4.69) is 9.80 Å². The van der Waals surface area contributed by atoms with E-state index in [9.17, 15) is 0 Å². The van der Waals surface area contributed by atoms with Gasteiger partial charge in [0.25, 0.3) is 14.7 Å². The molecule has 0 aliphatic carbocycles. The molecule has 8 nitrogen and oxygen atoms in total. The van der Waals surface area contributed by atoms with Crippen molar-refractivity contribution in [1.29, 1.82) is 0 Å². The van der Waals surface area contributed by atoms with Gasteiger partial charge in [0, 0.05) is 35.3 Å². The van der Waals surface area contributed by atoms with E-state index in [4.69, 9.17) is 18.5 Å². The zero-order valence-corrected chi connectivity index (χ0v) is 32.7. The van der Waals surface area contributed by atoms with Crippen LogP contribution in [0.25, 0.3) is 22.3 Å². The SMILES string of the molecule is O=P1(C2c3ccccc3OCN2CCCCCCN2COc3ccccc3C2P2(=O)Oc3ccccc3-c3ccccc32)Oc2ccccc2-c2ccccc21. The van der Waals surface area contributed by atoms with Gasteiger partial charge in [-0.05, 0) is 60.4 Å². The van der Waals surface area contributed by atoms with E-state index < -0.39 is 26.3 Å². The largest absolute Gasteiger partial charge is 0.478 e. The maximum atomic E-state index is 15.5. The van der Waals surface area contributed by atoms with E-state index in [1.807, 2.05) is 146 Å². The minimum absolute atomic E-state index is 0.324. The first-order chi connectivity index (χ1) is 27.5. The summed E-state index contributed by atoms with van der Waals surface area (Å²) in [5.41, 5.74) is 5.60. The normalized spacial score (nSPS) is 23.3. The quantitative estimate of drug-likeness (QED) is 0.106. The van der Waals surface area contributed by atoms with Crippen molar-refractivity contribution in [2.24, 2.45) is 0 Å². The molecule has 4 unspecified atom stereocenters. The summed E-state index contributed by atoms with van der Waals surface area (Å²) >= 11 is 0. The Morgan fingerprint density at radius 1 is 0.429 bits per heavy atom. The van der Waals surface area contributed by atoms with Gasteiger partial charge in [-0.3, -0.25) is 18.9 Å². The van der Waals surface area contributed by atoms with E-state index in [1.165, 1.54) is 0 Å². The zero-order chi connectivity index (χ0) is 37.7. The number of nitrogens with zero attached hydrogens (tertiary/aromatic N) is 2. The Balaban J connectivity index is 0.865. The van der Waals surface area contributed by atoms with Gasteiger partial charge >= 0.3 is 0 Å². The number of rotatable bonds is 9. The lowest BCUT2D eigenvalue weighted by Crippen LogP contribution is -2.40. The highest BCUT2D eigenvalue weighted by molar-refractivity contribution is 7.68. The van der Waals surface area contributed by atoms with Crippen molar-refractivity contribution < 1.29 is 27.7 Å². The van der Waals surface area contributed by atoms with Crippen molar-refractivity contribution in [3.63, 3.8) is 0 Å². The van der Waals surface area contributed by atoms with Gasteiger partial charge in [-0.1, -0.05) is 122 Å². The van der Waals surface area contributed by atoms with Gasteiger partial charge in [0.15, 0.2) is 0 Å². The maximum absolute atomic E-state index is 15.5. The van der Waals surface area contributed by atoms with E-state index in [1.54, 1.807) is 0 Å². The molecular formula is C46H42N2O6P2. The Morgan fingerprint density at radius 3 is 1.23 bits per heavy atom. The van der Waals surface area contributed by atoms with Gasteiger partial charge in [-0.2, -0.15) is 0 Å². The number of para-hydroxylation sites is 4. The summed E-state index contributed by atoms with van der Waals surface area (Å²) < 4.78 is 56.8. The van der Waals surface area contributed by atoms with Crippen molar-refractivity contribution in [2.45, 2.75) is 37.2 Å². The number of fused-ring (bicyclic) bond motifs is 8. The summed E-state index contributed by atoms with van der Waals surface area (Å²) in [6.07, 6.45) is 3.68.